The second-order valence-electron chi connectivity index (χ2n) is 5.18. The summed E-state index contributed by atoms with van der Waals surface area (Å²) in [5, 5.41) is 11.8. The summed E-state index contributed by atoms with van der Waals surface area (Å²) in [7, 11) is 0. The number of nitrogens with two attached hydrogens (primary N) is 1. The summed E-state index contributed by atoms with van der Waals surface area (Å²) in [5.74, 6) is -0.517. The van der Waals surface area contributed by atoms with Gasteiger partial charge in [-0.1, -0.05) is 5.16 Å². The lowest BCUT2D eigenvalue weighted by Gasteiger charge is -2.40. The molecule has 0 radical (unpaired) electrons. The van der Waals surface area contributed by atoms with Crippen LogP contribution in [-0.4, -0.2) is 36.3 Å². The van der Waals surface area contributed by atoms with Crippen molar-refractivity contribution < 1.29 is 14.3 Å². The molecule has 6 heteroatoms. The second-order valence-corrected chi connectivity index (χ2v) is 5.18. The Labute approximate surface area is 111 Å². The predicted octanol–water partition coefficient (Wildman–Crippen LogP) is 1.54. The van der Waals surface area contributed by atoms with Crippen LogP contribution >= 0.6 is 0 Å². The number of hydrogen-bond acceptors (Lipinski definition) is 4. The first-order valence-electron chi connectivity index (χ1n) is 6.09. The Kier molecular flexibility index (Phi) is 3.61. The zero-order valence-electron chi connectivity index (χ0n) is 11.1. The molecular weight excluding hydrogens is 249 g/mol. The van der Waals surface area contributed by atoms with E-state index in [4.69, 9.17) is 15.7 Å². The molecule has 1 aliphatic rings. The van der Waals surface area contributed by atoms with Gasteiger partial charge in [-0.05, 0) is 32.0 Å². The predicted molar refractivity (Wildman–Crippen MR) is 71.2 cm³/mol. The van der Waals surface area contributed by atoms with Gasteiger partial charge >= 0.3 is 0 Å². The zero-order chi connectivity index (χ0) is 14.0. The Hall–Kier alpha value is -1.82. The smallest absolute Gasteiger partial charge is 0.172 e. The molecule has 2 rings (SSSR count). The van der Waals surface area contributed by atoms with E-state index >= 15 is 0 Å². The molecule has 0 bridgehead atoms. The lowest BCUT2D eigenvalue weighted by atomic mass is 10.0. The van der Waals surface area contributed by atoms with Gasteiger partial charge in [0, 0.05) is 24.3 Å². The third-order valence-electron chi connectivity index (χ3n) is 3.11. The Morgan fingerprint density at radius 3 is 2.89 bits per heavy atom. The molecular formula is C13H18FN3O2. The van der Waals surface area contributed by atoms with Crippen LogP contribution in [0.25, 0.3) is 0 Å². The van der Waals surface area contributed by atoms with Gasteiger partial charge in [0.05, 0.1) is 12.2 Å². The number of anilines is 1. The summed E-state index contributed by atoms with van der Waals surface area (Å²) >= 11 is 0. The Bertz CT molecular complexity index is 503. The van der Waals surface area contributed by atoms with Gasteiger partial charge in [0.1, 0.15) is 5.82 Å². The van der Waals surface area contributed by atoms with Crippen molar-refractivity contribution >= 4 is 11.5 Å². The highest BCUT2D eigenvalue weighted by molar-refractivity contribution is 6.02. The van der Waals surface area contributed by atoms with E-state index in [-0.39, 0.29) is 11.4 Å². The van der Waals surface area contributed by atoms with E-state index in [1.54, 1.807) is 6.07 Å². The molecule has 0 aliphatic carbocycles. The third kappa shape index (κ3) is 2.96. The number of amidine groups is 1. The molecule has 0 amide bonds. The quantitative estimate of drug-likeness (QED) is 0.369. The molecule has 0 spiro atoms. The molecule has 0 aromatic heterocycles. The van der Waals surface area contributed by atoms with E-state index in [0.29, 0.717) is 25.3 Å². The average Bonchev–Trinajstić information content (AvgIpc) is 2.36. The topological polar surface area (TPSA) is 71.1 Å². The highest BCUT2D eigenvalue weighted by atomic mass is 19.1. The molecule has 1 saturated heterocycles. The van der Waals surface area contributed by atoms with Crippen LogP contribution in [0, 0.1) is 5.82 Å². The molecule has 3 N–H and O–H groups in total. The lowest BCUT2D eigenvalue weighted by molar-refractivity contribution is -0.0277. The summed E-state index contributed by atoms with van der Waals surface area (Å²) in [6, 6.07) is 4.28. The molecule has 104 valence electrons. The molecule has 1 fully saturated rings. The largest absolute Gasteiger partial charge is 0.409 e. The zero-order valence-corrected chi connectivity index (χ0v) is 11.1. The molecule has 19 heavy (non-hydrogen) atoms. The summed E-state index contributed by atoms with van der Waals surface area (Å²) < 4.78 is 19.0. The van der Waals surface area contributed by atoms with Crippen molar-refractivity contribution in [3.05, 3.63) is 29.6 Å². The molecule has 0 unspecified atom stereocenters. The van der Waals surface area contributed by atoms with E-state index in [1.165, 1.54) is 12.1 Å². The first-order valence-corrected chi connectivity index (χ1v) is 6.09. The van der Waals surface area contributed by atoms with Gasteiger partial charge in [-0.25, -0.2) is 4.39 Å². The maximum atomic E-state index is 13.3. The van der Waals surface area contributed by atoms with Crippen molar-refractivity contribution in [2.45, 2.75) is 19.4 Å². The van der Waals surface area contributed by atoms with Crippen molar-refractivity contribution in [1.82, 2.24) is 0 Å². The van der Waals surface area contributed by atoms with Crippen LogP contribution in [0.3, 0.4) is 0 Å². The molecule has 5 nitrogen and oxygen atoms in total. The van der Waals surface area contributed by atoms with Gasteiger partial charge in [-0.3, -0.25) is 0 Å². The molecule has 1 aromatic carbocycles. The van der Waals surface area contributed by atoms with Crippen LogP contribution in [0.5, 0.6) is 0 Å². The van der Waals surface area contributed by atoms with Crippen LogP contribution in [0.2, 0.25) is 0 Å². The first-order chi connectivity index (χ1) is 8.93. The number of ether oxygens (including phenoxy) is 1. The van der Waals surface area contributed by atoms with E-state index in [9.17, 15) is 4.39 Å². The van der Waals surface area contributed by atoms with Gasteiger partial charge < -0.3 is 20.6 Å². The first kappa shape index (κ1) is 13.6. The third-order valence-corrected chi connectivity index (χ3v) is 3.11. The number of rotatable bonds is 2. The summed E-state index contributed by atoms with van der Waals surface area (Å²) in [6.45, 7) is 5.91. The monoisotopic (exact) mass is 267 g/mol. The van der Waals surface area contributed by atoms with Crippen LogP contribution in [0.15, 0.2) is 23.4 Å². The van der Waals surface area contributed by atoms with Gasteiger partial charge in [0.15, 0.2) is 5.84 Å². The van der Waals surface area contributed by atoms with Gasteiger partial charge in [-0.15, -0.1) is 0 Å². The van der Waals surface area contributed by atoms with Crippen molar-refractivity contribution in [3.63, 3.8) is 0 Å². The van der Waals surface area contributed by atoms with Gasteiger partial charge in [-0.2, -0.15) is 0 Å². The van der Waals surface area contributed by atoms with E-state index in [2.05, 4.69) is 10.1 Å². The number of halogens is 1. The van der Waals surface area contributed by atoms with E-state index in [1.807, 2.05) is 13.8 Å². The Morgan fingerprint density at radius 2 is 2.26 bits per heavy atom. The molecule has 1 heterocycles. The highest BCUT2D eigenvalue weighted by Gasteiger charge is 2.28. The molecule has 1 aromatic rings. The van der Waals surface area contributed by atoms with Crippen LogP contribution in [-0.2, 0) is 4.74 Å². The normalized spacial score (nSPS) is 19.5. The fourth-order valence-electron chi connectivity index (χ4n) is 2.27. The fraction of sp³-hybridized carbons (Fsp3) is 0.462. The minimum absolute atomic E-state index is 0.0983. The number of nitrogens with zero attached hydrogens (tertiary/aromatic N) is 2. The van der Waals surface area contributed by atoms with E-state index < -0.39 is 5.82 Å². The number of benzene rings is 1. The summed E-state index contributed by atoms with van der Waals surface area (Å²) in [4.78, 5) is 2.05. The molecule has 1 aliphatic heterocycles. The number of oxime groups is 1. The summed E-state index contributed by atoms with van der Waals surface area (Å²) in [5.41, 5.74) is 6.46. The van der Waals surface area contributed by atoms with E-state index in [0.717, 1.165) is 5.69 Å². The SMILES string of the molecule is CC1(C)CN(c2ccc(F)cc2/C(N)=N/O)CCO1. The molecule has 0 saturated carbocycles. The van der Waals surface area contributed by atoms with Crippen molar-refractivity contribution in [3.8, 4) is 0 Å². The molecule has 0 atom stereocenters. The van der Waals surface area contributed by atoms with Crippen LogP contribution in [0.1, 0.15) is 19.4 Å². The average molecular weight is 267 g/mol. The summed E-state index contributed by atoms with van der Waals surface area (Å²) in [6.07, 6.45) is 0. The number of hydrogen-bond donors (Lipinski definition) is 2. The minimum Gasteiger partial charge on any atom is -0.409 e. The van der Waals surface area contributed by atoms with Crippen LogP contribution in [0.4, 0.5) is 10.1 Å². The standard InChI is InChI=1S/C13H18FN3O2/c1-13(2)8-17(5-6-19-13)11-4-3-9(14)7-10(11)12(15)16-18/h3-4,7,18H,5-6,8H2,1-2H3,(H2,15,16). The van der Waals surface area contributed by atoms with Crippen molar-refractivity contribution in [1.29, 1.82) is 0 Å². The van der Waals surface area contributed by atoms with Crippen molar-refractivity contribution in [2.24, 2.45) is 10.9 Å². The van der Waals surface area contributed by atoms with Crippen LogP contribution < -0.4 is 10.6 Å². The van der Waals surface area contributed by atoms with Crippen molar-refractivity contribution in [2.75, 3.05) is 24.6 Å². The fourth-order valence-corrected chi connectivity index (χ4v) is 2.27. The highest BCUT2D eigenvalue weighted by Crippen LogP contribution is 2.26. The second kappa shape index (κ2) is 5.05. The minimum atomic E-state index is -0.419. The maximum Gasteiger partial charge on any atom is 0.172 e. The Morgan fingerprint density at radius 1 is 1.53 bits per heavy atom. The maximum absolute atomic E-state index is 13.3. The number of morpholine rings is 1. The Balaban J connectivity index is 2.39. The van der Waals surface area contributed by atoms with Gasteiger partial charge in [0.25, 0.3) is 0 Å². The van der Waals surface area contributed by atoms with Gasteiger partial charge in [0.2, 0.25) is 0 Å². The lowest BCUT2D eigenvalue weighted by Crippen LogP contribution is -2.48.